The summed E-state index contributed by atoms with van der Waals surface area (Å²) in [6, 6.07) is 14.9. The number of ether oxygens (including phenoxy) is 1. The van der Waals surface area contributed by atoms with Gasteiger partial charge in [-0.1, -0.05) is 36.4 Å². The average molecular weight is 308 g/mol. The van der Waals surface area contributed by atoms with Gasteiger partial charge in [0, 0.05) is 25.4 Å². The summed E-state index contributed by atoms with van der Waals surface area (Å²) >= 11 is 0. The van der Waals surface area contributed by atoms with Crippen LogP contribution in [0.4, 0.5) is 4.39 Å². The maximum absolute atomic E-state index is 13.4. The van der Waals surface area contributed by atoms with E-state index in [9.17, 15) is 4.39 Å². The molecule has 1 aliphatic heterocycles. The average Bonchev–Trinajstić information content (AvgIpc) is 3.22. The van der Waals surface area contributed by atoms with Gasteiger partial charge in [-0.3, -0.25) is 0 Å². The van der Waals surface area contributed by atoms with Gasteiger partial charge in [-0.05, 0) is 28.8 Å². The van der Waals surface area contributed by atoms with E-state index in [1.54, 1.807) is 12.5 Å². The SMILES string of the molecule is Fc1ccc(C2(CCn3ccnc3)OCc3ccccc32)cc1. The smallest absolute Gasteiger partial charge is 0.123 e. The monoisotopic (exact) mass is 308 g/mol. The van der Waals surface area contributed by atoms with Gasteiger partial charge >= 0.3 is 0 Å². The summed E-state index contributed by atoms with van der Waals surface area (Å²) in [6.45, 7) is 1.36. The van der Waals surface area contributed by atoms with Crippen LogP contribution in [0, 0.1) is 5.82 Å². The Morgan fingerprint density at radius 2 is 1.96 bits per heavy atom. The Morgan fingerprint density at radius 3 is 2.74 bits per heavy atom. The zero-order chi connectivity index (χ0) is 15.7. The molecule has 1 aromatic heterocycles. The minimum absolute atomic E-state index is 0.232. The summed E-state index contributed by atoms with van der Waals surface area (Å²) in [5.74, 6) is -0.232. The zero-order valence-corrected chi connectivity index (χ0v) is 12.7. The number of imidazole rings is 1. The standard InChI is InChI=1S/C19H17FN2O/c20-17-7-5-16(6-8-17)19(9-11-22-12-10-21-14-22)18-4-2-1-3-15(18)13-23-19/h1-8,10,12,14H,9,11,13H2. The Kier molecular flexibility index (Phi) is 3.46. The van der Waals surface area contributed by atoms with Crippen molar-refractivity contribution in [2.24, 2.45) is 0 Å². The van der Waals surface area contributed by atoms with Crippen molar-refractivity contribution in [3.8, 4) is 0 Å². The van der Waals surface area contributed by atoms with Gasteiger partial charge in [0.25, 0.3) is 0 Å². The lowest BCUT2D eigenvalue weighted by molar-refractivity contribution is -0.0146. The summed E-state index contributed by atoms with van der Waals surface area (Å²) < 4.78 is 21.7. The molecule has 0 bridgehead atoms. The molecule has 0 spiro atoms. The zero-order valence-electron chi connectivity index (χ0n) is 12.7. The van der Waals surface area contributed by atoms with Crippen LogP contribution in [0.5, 0.6) is 0 Å². The van der Waals surface area contributed by atoms with E-state index in [0.717, 1.165) is 18.5 Å². The number of aryl methyl sites for hydroxylation is 1. The number of nitrogens with zero attached hydrogens (tertiary/aromatic N) is 2. The lowest BCUT2D eigenvalue weighted by Gasteiger charge is -2.30. The number of fused-ring (bicyclic) bond motifs is 1. The molecule has 1 atom stereocenters. The van der Waals surface area contributed by atoms with E-state index in [2.05, 4.69) is 17.1 Å². The van der Waals surface area contributed by atoms with Crippen LogP contribution in [0.25, 0.3) is 0 Å². The number of hydrogen-bond acceptors (Lipinski definition) is 2. The first kappa shape index (κ1) is 14.2. The molecule has 0 saturated carbocycles. The van der Waals surface area contributed by atoms with E-state index in [0.29, 0.717) is 6.61 Å². The molecule has 0 saturated heterocycles. The van der Waals surface area contributed by atoms with Gasteiger partial charge in [-0.25, -0.2) is 9.37 Å². The van der Waals surface area contributed by atoms with Crippen LogP contribution < -0.4 is 0 Å². The molecular formula is C19H17FN2O. The van der Waals surface area contributed by atoms with Crippen molar-refractivity contribution in [1.82, 2.24) is 9.55 Å². The van der Waals surface area contributed by atoms with Crippen molar-refractivity contribution < 1.29 is 9.13 Å². The summed E-state index contributed by atoms with van der Waals surface area (Å²) in [4.78, 5) is 4.09. The summed E-state index contributed by atoms with van der Waals surface area (Å²) in [6.07, 6.45) is 6.29. The molecule has 2 heterocycles. The summed E-state index contributed by atoms with van der Waals surface area (Å²) in [5, 5.41) is 0. The number of benzene rings is 2. The second-order valence-corrected chi connectivity index (χ2v) is 5.83. The molecule has 1 unspecified atom stereocenters. The molecule has 23 heavy (non-hydrogen) atoms. The first-order valence-electron chi connectivity index (χ1n) is 7.72. The molecule has 4 heteroatoms. The molecular weight excluding hydrogens is 291 g/mol. The molecule has 3 aromatic rings. The van der Waals surface area contributed by atoms with Gasteiger partial charge in [0.1, 0.15) is 11.4 Å². The first-order chi connectivity index (χ1) is 11.3. The van der Waals surface area contributed by atoms with Crippen molar-refractivity contribution >= 4 is 0 Å². The van der Waals surface area contributed by atoms with Crippen LogP contribution in [-0.2, 0) is 23.5 Å². The first-order valence-corrected chi connectivity index (χ1v) is 7.72. The third-order valence-corrected chi connectivity index (χ3v) is 4.52. The molecule has 2 aromatic carbocycles. The number of hydrogen-bond donors (Lipinski definition) is 0. The third-order valence-electron chi connectivity index (χ3n) is 4.52. The minimum atomic E-state index is -0.533. The Labute approximate surface area is 134 Å². The Hall–Kier alpha value is -2.46. The Morgan fingerprint density at radius 1 is 1.13 bits per heavy atom. The highest BCUT2D eigenvalue weighted by atomic mass is 19.1. The lowest BCUT2D eigenvalue weighted by Crippen LogP contribution is -2.28. The van der Waals surface area contributed by atoms with E-state index in [1.807, 2.05) is 35.0 Å². The predicted octanol–water partition coefficient (Wildman–Crippen LogP) is 3.89. The highest BCUT2D eigenvalue weighted by molar-refractivity contribution is 5.44. The van der Waals surface area contributed by atoms with Crippen molar-refractivity contribution in [2.75, 3.05) is 0 Å². The number of aromatic nitrogens is 2. The second-order valence-electron chi connectivity index (χ2n) is 5.83. The van der Waals surface area contributed by atoms with Crippen LogP contribution in [-0.4, -0.2) is 9.55 Å². The van der Waals surface area contributed by atoms with E-state index in [4.69, 9.17) is 4.74 Å². The fourth-order valence-corrected chi connectivity index (χ4v) is 3.33. The van der Waals surface area contributed by atoms with Crippen molar-refractivity contribution in [3.05, 3.63) is 89.8 Å². The van der Waals surface area contributed by atoms with Crippen LogP contribution in [0.3, 0.4) is 0 Å². The van der Waals surface area contributed by atoms with Crippen LogP contribution in [0.1, 0.15) is 23.1 Å². The normalized spacial score (nSPS) is 19.7. The maximum Gasteiger partial charge on any atom is 0.123 e. The molecule has 0 fully saturated rings. The van der Waals surface area contributed by atoms with Crippen molar-refractivity contribution in [2.45, 2.75) is 25.2 Å². The van der Waals surface area contributed by atoms with Gasteiger partial charge in [-0.15, -0.1) is 0 Å². The Bertz CT molecular complexity index is 799. The van der Waals surface area contributed by atoms with Gasteiger partial charge in [0.15, 0.2) is 0 Å². The molecule has 4 rings (SSSR count). The molecule has 1 aliphatic rings. The van der Waals surface area contributed by atoms with Gasteiger partial charge in [0.2, 0.25) is 0 Å². The number of rotatable bonds is 4. The van der Waals surface area contributed by atoms with E-state index in [-0.39, 0.29) is 5.82 Å². The van der Waals surface area contributed by atoms with Gasteiger partial charge in [0.05, 0.1) is 12.9 Å². The number of halogens is 1. The Balaban J connectivity index is 1.76. The fourth-order valence-electron chi connectivity index (χ4n) is 3.33. The third kappa shape index (κ3) is 2.45. The highest BCUT2D eigenvalue weighted by Gasteiger charge is 2.41. The van der Waals surface area contributed by atoms with Crippen LogP contribution in [0.2, 0.25) is 0 Å². The van der Waals surface area contributed by atoms with Gasteiger partial charge < -0.3 is 9.30 Å². The quantitative estimate of drug-likeness (QED) is 0.731. The van der Waals surface area contributed by atoms with Crippen LogP contribution in [0.15, 0.2) is 67.3 Å². The molecule has 0 radical (unpaired) electrons. The topological polar surface area (TPSA) is 27.1 Å². The minimum Gasteiger partial charge on any atom is -0.361 e. The van der Waals surface area contributed by atoms with Gasteiger partial charge in [-0.2, -0.15) is 0 Å². The summed E-state index contributed by atoms with van der Waals surface area (Å²) in [7, 11) is 0. The molecule has 116 valence electrons. The second kappa shape index (κ2) is 5.63. The van der Waals surface area contributed by atoms with E-state index >= 15 is 0 Å². The van der Waals surface area contributed by atoms with Crippen LogP contribution >= 0.6 is 0 Å². The largest absolute Gasteiger partial charge is 0.361 e. The molecule has 3 nitrogen and oxygen atoms in total. The molecule has 0 aliphatic carbocycles. The van der Waals surface area contributed by atoms with Crippen molar-refractivity contribution in [1.29, 1.82) is 0 Å². The lowest BCUT2D eigenvalue weighted by atomic mass is 9.83. The molecule has 0 amide bonds. The molecule has 0 N–H and O–H groups in total. The van der Waals surface area contributed by atoms with E-state index < -0.39 is 5.60 Å². The highest BCUT2D eigenvalue weighted by Crippen LogP contribution is 2.44. The van der Waals surface area contributed by atoms with Crippen molar-refractivity contribution in [3.63, 3.8) is 0 Å². The van der Waals surface area contributed by atoms with E-state index in [1.165, 1.54) is 23.3 Å². The fraction of sp³-hybridized carbons (Fsp3) is 0.211. The summed E-state index contributed by atoms with van der Waals surface area (Å²) in [5.41, 5.74) is 2.83. The maximum atomic E-state index is 13.4. The predicted molar refractivity (Wildman–Crippen MR) is 85.3 cm³/mol.